The smallest absolute Gasteiger partial charge is 0.0608 e. The molecule has 3 heteroatoms. The highest BCUT2D eigenvalue weighted by Crippen LogP contribution is 2.34. The fourth-order valence-electron chi connectivity index (χ4n) is 3.66. The van der Waals surface area contributed by atoms with Gasteiger partial charge in [-0.2, -0.15) is 0 Å². The summed E-state index contributed by atoms with van der Waals surface area (Å²) in [6.45, 7) is 4.25. The fourth-order valence-corrected chi connectivity index (χ4v) is 3.93. The summed E-state index contributed by atoms with van der Waals surface area (Å²) in [5.74, 6) is 0. The molecule has 1 heterocycles. The molecule has 1 aliphatic rings. The molecule has 1 unspecified atom stereocenters. The minimum Gasteiger partial charge on any atom is -0.314 e. The Morgan fingerprint density at radius 3 is 2.33 bits per heavy atom. The van der Waals surface area contributed by atoms with Crippen LogP contribution in [0.5, 0.6) is 0 Å². The molecule has 122 valence electrons. The minimum absolute atomic E-state index is 0.298. The third-order valence-electron chi connectivity index (χ3n) is 4.82. The molecule has 1 fully saturated rings. The molecule has 0 saturated carbocycles. The lowest BCUT2D eigenvalue weighted by Gasteiger charge is -2.36. The summed E-state index contributed by atoms with van der Waals surface area (Å²) in [6, 6.07) is 24.5. The number of nitrogens with one attached hydrogen (secondary N) is 1. The number of halogens is 1. The van der Waals surface area contributed by atoms with E-state index in [0.717, 1.165) is 30.7 Å². The third kappa shape index (κ3) is 3.12. The van der Waals surface area contributed by atoms with Gasteiger partial charge in [-0.3, -0.25) is 4.90 Å². The van der Waals surface area contributed by atoms with Gasteiger partial charge < -0.3 is 5.32 Å². The zero-order chi connectivity index (χ0) is 16.4. The van der Waals surface area contributed by atoms with Crippen LogP contribution in [0.4, 0.5) is 0 Å². The van der Waals surface area contributed by atoms with Crippen molar-refractivity contribution < 1.29 is 0 Å². The van der Waals surface area contributed by atoms with E-state index in [4.69, 9.17) is 0 Å². The van der Waals surface area contributed by atoms with Crippen molar-refractivity contribution >= 4 is 26.7 Å². The highest BCUT2D eigenvalue weighted by atomic mass is 79.9. The van der Waals surface area contributed by atoms with Crippen molar-refractivity contribution in [1.82, 2.24) is 10.2 Å². The molecule has 0 bridgehead atoms. The van der Waals surface area contributed by atoms with E-state index < -0.39 is 0 Å². The number of piperazine rings is 1. The summed E-state index contributed by atoms with van der Waals surface area (Å²) < 4.78 is 1.13. The first-order valence-electron chi connectivity index (χ1n) is 8.51. The van der Waals surface area contributed by atoms with Crippen molar-refractivity contribution in [2.24, 2.45) is 0 Å². The Kier molecular flexibility index (Phi) is 4.65. The van der Waals surface area contributed by atoms with Gasteiger partial charge in [-0.1, -0.05) is 70.5 Å². The van der Waals surface area contributed by atoms with E-state index >= 15 is 0 Å². The van der Waals surface area contributed by atoms with Crippen LogP contribution in [0.15, 0.2) is 71.2 Å². The predicted molar refractivity (Wildman–Crippen MR) is 104 cm³/mol. The van der Waals surface area contributed by atoms with Crippen LogP contribution >= 0.6 is 15.9 Å². The number of hydrogen-bond donors (Lipinski definition) is 1. The maximum atomic E-state index is 3.56. The predicted octanol–water partition coefficient (Wildman–Crippen LogP) is 4.60. The van der Waals surface area contributed by atoms with Crippen molar-refractivity contribution in [3.8, 4) is 0 Å². The summed E-state index contributed by atoms with van der Waals surface area (Å²) in [7, 11) is 0. The zero-order valence-corrected chi connectivity index (χ0v) is 15.2. The molecule has 0 spiro atoms. The van der Waals surface area contributed by atoms with Gasteiger partial charge in [0.2, 0.25) is 0 Å². The van der Waals surface area contributed by atoms with Crippen LogP contribution in [0.1, 0.15) is 17.2 Å². The Hall–Kier alpha value is -1.68. The number of nitrogens with zero attached hydrogens (tertiary/aromatic N) is 1. The SMILES string of the molecule is Brc1ccc(C(c2cccc3ccccc23)N2CCNCC2)cc1. The topological polar surface area (TPSA) is 15.3 Å². The summed E-state index contributed by atoms with van der Waals surface area (Å²) in [5.41, 5.74) is 2.76. The molecular formula is C21H21BrN2. The van der Waals surface area contributed by atoms with Crippen molar-refractivity contribution in [2.75, 3.05) is 26.2 Å². The van der Waals surface area contributed by atoms with E-state index in [-0.39, 0.29) is 0 Å². The van der Waals surface area contributed by atoms with Gasteiger partial charge in [0, 0.05) is 30.7 Å². The lowest BCUT2D eigenvalue weighted by molar-refractivity contribution is 0.199. The molecule has 1 N–H and O–H groups in total. The van der Waals surface area contributed by atoms with Gasteiger partial charge in [0.15, 0.2) is 0 Å². The first kappa shape index (κ1) is 15.8. The standard InChI is InChI=1S/C21H21BrN2/c22-18-10-8-17(9-11-18)21(24-14-12-23-13-15-24)20-7-3-5-16-4-1-2-6-19(16)20/h1-11,21,23H,12-15H2. The summed E-state index contributed by atoms with van der Waals surface area (Å²) >= 11 is 3.56. The Morgan fingerprint density at radius 1 is 0.833 bits per heavy atom. The first-order chi connectivity index (χ1) is 11.8. The van der Waals surface area contributed by atoms with Gasteiger partial charge in [-0.15, -0.1) is 0 Å². The maximum Gasteiger partial charge on any atom is 0.0608 e. The minimum atomic E-state index is 0.298. The molecule has 1 saturated heterocycles. The number of fused-ring (bicyclic) bond motifs is 1. The molecule has 0 aliphatic carbocycles. The van der Waals surface area contributed by atoms with Crippen LogP contribution in [0, 0.1) is 0 Å². The number of benzene rings is 3. The number of hydrogen-bond acceptors (Lipinski definition) is 2. The second kappa shape index (κ2) is 7.06. The molecule has 3 aromatic rings. The van der Waals surface area contributed by atoms with Crippen molar-refractivity contribution in [1.29, 1.82) is 0 Å². The molecule has 3 aromatic carbocycles. The maximum absolute atomic E-state index is 3.56. The van der Waals surface area contributed by atoms with Crippen LogP contribution in [0.3, 0.4) is 0 Å². The third-order valence-corrected chi connectivity index (χ3v) is 5.35. The van der Waals surface area contributed by atoms with Crippen molar-refractivity contribution in [3.63, 3.8) is 0 Å². The molecule has 1 atom stereocenters. The Morgan fingerprint density at radius 2 is 1.54 bits per heavy atom. The second-order valence-corrected chi connectivity index (χ2v) is 7.22. The van der Waals surface area contributed by atoms with Crippen molar-refractivity contribution in [2.45, 2.75) is 6.04 Å². The van der Waals surface area contributed by atoms with E-state index in [1.54, 1.807) is 0 Å². The molecule has 2 nitrogen and oxygen atoms in total. The van der Waals surface area contributed by atoms with Crippen LogP contribution in [0.2, 0.25) is 0 Å². The molecule has 0 radical (unpaired) electrons. The first-order valence-corrected chi connectivity index (χ1v) is 9.30. The summed E-state index contributed by atoms with van der Waals surface area (Å²) in [4.78, 5) is 2.60. The van der Waals surface area contributed by atoms with E-state index in [1.165, 1.54) is 21.9 Å². The Labute approximate surface area is 151 Å². The summed E-state index contributed by atoms with van der Waals surface area (Å²) in [5, 5.41) is 6.14. The van der Waals surface area contributed by atoms with Gasteiger partial charge in [0.05, 0.1) is 6.04 Å². The van der Waals surface area contributed by atoms with Crippen LogP contribution in [-0.2, 0) is 0 Å². The zero-order valence-electron chi connectivity index (χ0n) is 13.6. The lowest BCUT2D eigenvalue weighted by Crippen LogP contribution is -2.45. The van der Waals surface area contributed by atoms with Gasteiger partial charge in [0.25, 0.3) is 0 Å². The number of rotatable bonds is 3. The molecular weight excluding hydrogens is 360 g/mol. The van der Waals surface area contributed by atoms with Crippen LogP contribution < -0.4 is 5.32 Å². The van der Waals surface area contributed by atoms with E-state index in [9.17, 15) is 0 Å². The molecule has 4 rings (SSSR count). The lowest BCUT2D eigenvalue weighted by atomic mass is 9.92. The molecule has 0 amide bonds. The van der Waals surface area contributed by atoms with E-state index in [0.29, 0.717) is 6.04 Å². The highest BCUT2D eigenvalue weighted by molar-refractivity contribution is 9.10. The Bertz CT molecular complexity index is 817. The van der Waals surface area contributed by atoms with E-state index in [1.807, 2.05) is 0 Å². The molecule has 24 heavy (non-hydrogen) atoms. The van der Waals surface area contributed by atoms with E-state index in [2.05, 4.69) is 92.9 Å². The van der Waals surface area contributed by atoms with Crippen molar-refractivity contribution in [3.05, 3.63) is 82.3 Å². The van der Waals surface area contributed by atoms with Gasteiger partial charge in [-0.25, -0.2) is 0 Å². The Balaban J connectivity index is 1.86. The largest absolute Gasteiger partial charge is 0.314 e. The van der Waals surface area contributed by atoms with Gasteiger partial charge in [-0.05, 0) is 34.0 Å². The average Bonchev–Trinajstić information content (AvgIpc) is 2.65. The summed E-state index contributed by atoms with van der Waals surface area (Å²) in [6.07, 6.45) is 0. The van der Waals surface area contributed by atoms with Gasteiger partial charge >= 0.3 is 0 Å². The highest BCUT2D eigenvalue weighted by Gasteiger charge is 2.25. The molecule has 0 aromatic heterocycles. The fraction of sp³-hybridized carbons (Fsp3) is 0.238. The van der Waals surface area contributed by atoms with Gasteiger partial charge in [0.1, 0.15) is 0 Å². The second-order valence-electron chi connectivity index (χ2n) is 6.31. The van der Waals surface area contributed by atoms with Crippen LogP contribution in [-0.4, -0.2) is 31.1 Å². The quantitative estimate of drug-likeness (QED) is 0.714. The molecule has 1 aliphatic heterocycles. The normalized spacial score (nSPS) is 17.0. The monoisotopic (exact) mass is 380 g/mol. The van der Waals surface area contributed by atoms with Crippen LogP contribution in [0.25, 0.3) is 10.8 Å². The average molecular weight is 381 g/mol.